The number of ether oxygens (including phenoxy) is 1. The van der Waals surface area contributed by atoms with Crippen molar-refractivity contribution < 1.29 is 14.3 Å². The smallest absolute Gasteiger partial charge is 0.328 e. The third-order valence-corrected chi connectivity index (χ3v) is 3.61. The van der Waals surface area contributed by atoms with Gasteiger partial charge in [-0.3, -0.25) is 4.79 Å². The molecule has 1 atom stereocenters. The van der Waals surface area contributed by atoms with Crippen LogP contribution < -0.4 is 11.1 Å². The van der Waals surface area contributed by atoms with Crippen LogP contribution in [0.4, 0.5) is 0 Å². The molecular weight excluding hydrogens is 232 g/mol. The molecule has 1 saturated carbocycles. The van der Waals surface area contributed by atoms with Gasteiger partial charge in [0.25, 0.3) is 0 Å². The van der Waals surface area contributed by atoms with Gasteiger partial charge in [-0.25, -0.2) is 4.79 Å². The first-order valence-electron chi connectivity index (χ1n) is 6.58. The van der Waals surface area contributed by atoms with Gasteiger partial charge in [-0.2, -0.15) is 0 Å². The standard InChI is InChI=1S/C13H24N2O3/c1-9(2)10(11(16)18-3)15-12(17)13(14)7-5-4-6-8-13/h9-10H,4-8,14H2,1-3H3,(H,15,17). The summed E-state index contributed by atoms with van der Waals surface area (Å²) in [7, 11) is 1.32. The van der Waals surface area contributed by atoms with Crippen LogP contribution in [0.5, 0.6) is 0 Å². The Kier molecular flexibility index (Phi) is 5.14. The second-order valence-electron chi connectivity index (χ2n) is 5.44. The van der Waals surface area contributed by atoms with Gasteiger partial charge in [0, 0.05) is 0 Å². The number of amides is 1. The molecule has 5 nitrogen and oxygen atoms in total. The van der Waals surface area contributed by atoms with Gasteiger partial charge in [0.2, 0.25) is 5.91 Å². The lowest BCUT2D eigenvalue weighted by Gasteiger charge is -2.33. The molecule has 18 heavy (non-hydrogen) atoms. The van der Waals surface area contributed by atoms with Gasteiger partial charge in [0.05, 0.1) is 12.6 Å². The van der Waals surface area contributed by atoms with Crippen molar-refractivity contribution in [2.24, 2.45) is 11.7 Å². The fourth-order valence-electron chi connectivity index (χ4n) is 2.32. The molecule has 1 aliphatic carbocycles. The number of carbonyl (C=O) groups is 2. The van der Waals surface area contributed by atoms with Crippen molar-refractivity contribution in [1.29, 1.82) is 0 Å². The largest absolute Gasteiger partial charge is 0.467 e. The maximum absolute atomic E-state index is 12.2. The summed E-state index contributed by atoms with van der Waals surface area (Å²) in [5.41, 5.74) is 5.31. The molecule has 0 heterocycles. The SMILES string of the molecule is COC(=O)C(NC(=O)C1(N)CCCCC1)C(C)C. The first kappa shape index (κ1) is 15.0. The van der Waals surface area contributed by atoms with E-state index >= 15 is 0 Å². The predicted octanol–water partition coefficient (Wildman–Crippen LogP) is 0.962. The molecule has 0 aromatic rings. The van der Waals surface area contributed by atoms with Crippen LogP contribution in [0.25, 0.3) is 0 Å². The minimum Gasteiger partial charge on any atom is -0.467 e. The Morgan fingerprint density at radius 2 is 1.78 bits per heavy atom. The molecule has 1 fully saturated rings. The highest BCUT2D eigenvalue weighted by Crippen LogP contribution is 2.26. The Balaban J connectivity index is 2.68. The van der Waals surface area contributed by atoms with Crippen LogP contribution in [0.1, 0.15) is 46.0 Å². The Morgan fingerprint density at radius 3 is 2.22 bits per heavy atom. The maximum Gasteiger partial charge on any atom is 0.328 e. The minimum atomic E-state index is -0.820. The molecule has 0 radical (unpaired) electrons. The summed E-state index contributed by atoms with van der Waals surface area (Å²) in [6, 6.07) is -0.621. The van der Waals surface area contributed by atoms with E-state index in [0.29, 0.717) is 12.8 Å². The number of esters is 1. The highest BCUT2D eigenvalue weighted by molar-refractivity contribution is 5.90. The summed E-state index contributed by atoms with van der Waals surface area (Å²) in [5, 5.41) is 2.74. The van der Waals surface area contributed by atoms with E-state index < -0.39 is 17.6 Å². The first-order valence-corrected chi connectivity index (χ1v) is 6.58. The predicted molar refractivity (Wildman–Crippen MR) is 68.8 cm³/mol. The van der Waals surface area contributed by atoms with Crippen LogP contribution in [0.15, 0.2) is 0 Å². The zero-order valence-electron chi connectivity index (χ0n) is 11.5. The van der Waals surface area contributed by atoms with Crippen molar-refractivity contribution in [1.82, 2.24) is 5.32 Å². The quantitative estimate of drug-likeness (QED) is 0.734. The molecular formula is C13H24N2O3. The number of hydrogen-bond acceptors (Lipinski definition) is 4. The van der Waals surface area contributed by atoms with Crippen molar-refractivity contribution in [3.63, 3.8) is 0 Å². The Bertz CT molecular complexity index is 309. The fraction of sp³-hybridized carbons (Fsp3) is 0.846. The van der Waals surface area contributed by atoms with E-state index in [-0.39, 0.29) is 11.8 Å². The number of carbonyl (C=O) groups excluding carboxylic acids is 2. The fourth-order valence-corrected chi connectivity index (χ4v) is 2.32. The van der Waals surface area contributed by atoms with Gasteiger partial charge in [-0.15, -0.1) is 0 Å². The number of hydrogen-bond donors (Lipinski definition) is 2. The van der Waals surface area contributed by atoms with Crippen molar-refractivity contribution in [2.45, 2.75) is 57.5 Å². The van der Waals surface area contributed by atoms with E-state index in [9.17, 15) is 9.59 Å². The summed E-state index contributed by atoms with van der Waals surface area (Å²) < 4.78 is 4.70. The maximum atomic E-state index is 12.2. The molecule has 3 N–H and O–H groups in total. The van der Waals surface area contributed by atoms with Crippen LogP contribution in [0.3, 0.4) is 0 Å². The number of nitrogens with two attached hydrogens (primary N) is 1. The highest BCUT2D eigenvalue weighted by atomic mass is 16.5. The Hall–Kier alpha value is -1.10. The van der Waals surface area contributed by atoms with Crippen molar-refractivity contribution >= 4 is 11.9 Å². The first-order chi connectivity index (χ1) is 8.40. The lowest BCUT2D eigenvalue weighted by Crippen LogP contribution is -2.59. The van der Waals surface area contributed by atoms with Gasteiger partial charge in [0.1, 0.15) is 6.04 Å². The summed E-state index contributed by atoms with van der Waals surface area (Å²) in [6.45, 7) is 3.73. The van der Waals surface area contributed by atoms with Gasteiger partial charge in [-0.1, -0.05) is 33.1 Å². The van der Waals surface area contributed by atoms with Crippen LogP contribution in [0, 0.1) is 5.92 Å². The zero-order valence-corrected chi connectivity index (χ0v) is 11.5. The summed E-state index contributed by atoms with van der Waals surface area (Å²) in [4.78, 5) is 23.8. The lowest BCUT2D eigenvalue weighted by atomic mass is 9.81. The van der Waals surface area contributed by atoms with E-state index in [0.717, 1.165) is 19.3 Å². The second-order valence-corrected chi connectivity index (χ2v) is 5.44. The van der Waals surface area contributed by atoms with Crippen LogP contribution in [-0.2, 0) is 14.3 Å². The summed E-state index contributed by atoms with van der Waals surface area (Å²) in [5.74, 6) is -0.669. The molecule has 1 rings (SSSR count). The number of methoxy groups -OCH3 is 1. The summed E-state index contributed by atoms with van der Waals surface area (Å²) in [6.07, 6.45) is 4.43. The third-order valence-electron chi connectivity index (χ3n) is 3.61. The summed E-state index contributed by atoms with van der Waals surface area (Å²) >= 11 is 0. The zero-order chi connectivity index (χ0) is 13.8. The third kappa shape index (κ3) is 3.45. The molecule has 1 amide bonds. The average molecular weight is 256 g/mol. The van der Waals surface area contributed by atoms with E-state index in [2.05, 4.69) is 5.32 Å². The van der Waals surface area contributed by atoms with Gasteiger partial charge in [0.15, 0.2) is 0 Å². The highest BCUT2D eigenvalue weighted by Gasteiger charge is 2.38. The van der Waals surface area contributed by atoms with Crippen LogP contribution >= 0.6 is 0 Å². The monoisotopic (exact) mass is 256 g/mol. The molecule has 0 bridgehead atoms. The minimum absolute atomic E-state index is 0.0198. The topological polar surface area (TPSA) is 81.4 Å². The Labute approximate surface area is 108 Å². The normalized spacial score (nSPS) is 20.3. The molecule has 0 saturated heterocycles. The van der Waals surface area contributed by atoms with Crippen molar-refractivity contribution in [3.05, 3.63) is 0 Å². The van der Waals surface area contributed by atoms with E-state index in [1.807, 2.05) is 13.8 Å². The van der Waals surface area contributed by atoms with Gasteiger partial charge in [-0.05, 0) is 18.8 Å². The molecule has 104 valence electrons. The molecule has 5 heteroatoms. The molecule has 0 aliphatic heterocycles. The molecule has 0 aromatic carbocycles. The molecule has 0 aromatic heterocycles. The van der Waals surface area contributed by atoms with E-state index in [4.69, 9.17) is 10.5 Å². The van der Waals surface area contributed by atoms with Crippen LogP contribution in [0.2, 0.25) is 0 Å². The van der Waals surface area contributed by atoms with Crippen molar-refractivity contribution in [3.8, 4) is 0 Å². The number of nitrogens with one attached hydrogen (secondary N) is 1. The average Bonchev–Trinajstić information content (AvgIpc) is 2.35. The lowest BCUT2D eigenvalue weighted by molar-refractivity contribution is -0.147. The molecule has 1 unspecified atom stereocenters. The van der Waals surface area contributed by atoms with Gasteiger partial charge < -0.3 is 15.8 Å². The van der Waals surface area contributed by atoms with E-state index in [1.165, 1.54) is 7.11 Å². The van der Waals surface area contributed by atoms with E-state index in [1.54, 1.807) is 0 Å². The van der Waals surface area contributed by atoms with Crippen LogP contribution in [-0.4, -0.2) is 30.6 Å². The van der Waals surface area contributed by atoms with Crippen molar-refractivity contribution in [2.75, 3.05) is 7.11 Å². The molecule has 0 spiro atoms. The number of rotatable bonds is 4. The van der Waals surface area contributed by atoms with Gasteiger partial charge >= 0.3 is 5.97 Å². The Morgan fingerprint density at radius 1 is 1.22 bits per heavy atom. The molecule has 1 aliphatic rings. The second kappa shape index (κ2) is 6.18.